The van der Waals surface area contributed by atoms with Gasteiger partial charge in [0.2, 0.25) is 0 Å². The lowest BCUT2D eigenvalue weighted by Crippen LogP contribution is -2.29. The Kier molecular flexibility index (Phi) is 3.95. The molecule has 19 heavy (non-hydrogen) atoms. The zero-order chi connectivity index (χ0) is 13.2. The third-order valence-electron chi connectivity index (χ3n) is 2.90. The zero-order valence-corrected chi connectivity index (χ0v) is 13.2. The Morgan fingerprint density at radius 3 is 2.89 bits per heavy atom. The van der Waals surface area contributed by atoms with Gasteiger partial charge in [0, 0.05) is 37.1 Å². The van der Waals surface area contributed by atoms with Gasteiger partial charge in [-0.15, -0.1) is 22.7 Å². The second kappa shape index (κ2) is 5.68. The molecule has 0 amide bonds. The molecule has 1 atom stereocenters. The molecule has 0 radical (unpaired) electrons. The molecule has 1 unspecified atom stereocenters. The van der Waals surface area contributed by atoms with Crippen molar-refractivity contribution in [3.05, 3.63) is 50.9 Å². The molecule has 0 spiro atoms. The fourth-order valence-corrected chi connectivity index (χ4v) is 4.35. The number of hydrogen-bond donors (Lipinski definition) is 2. The van der Waals surface area contributed by atoms with Gasteiger partial charge in [-0.1, -0.05) is 0 Å². The standard InChI is InChI=1S/C13H12BrN3S2/c14-8-1-2-9(16-7-8)5-10(17-15)12-6-13-11(19-12)3-4-18-13/h1-4,6-7,10,17H,5,15H2. The predicted molar refractivity (Wildman–Crippen MR) is 85.4 cm³/mol. The molecule has 0 aliphatic carbocycles. The summed E-state index contributed by atoms with van der Waals surface area (Å²) in [5.74, 6) is 5.70. The topological polar surface area (TPSA) is 50.9 Å². The van der Waals surface area contributed by atoms with Crippen LogP contribution in [-0.4, -0.2) is 4.98 Å². The van der Waals surface area contributed by atoms with E-state index < -0.39 is 0 Å². The molecule has 0 aromatic carbocycles. The van der Waals surface area contributed by atoms with Crippen molar-refractivity contribution < 1.29 is 0 Å². The van der Waals surface area contributed by atoms with Crippen LogP contribution < -0.4 is 11.3 Å². The molecule has 0 aliphatic rings. The Bertz CT molecular complexity index is 646. The first kappa shape index (κ1) is 13.2. The highest BCUT2D eigenvalue weighted by atomic mass is 79.9. The Hall–Kier alpha value is -0.790. The number of thiophene rings is 2. The Morgan fingerprint density at radius 1 is 1.32 bits per heavy atom. The van der Waals surface area contributed by atoms with E-state index >= 15 is 0 Å². The van der Waals surface area contributed by atoms with E-state index in [1.165, 1.54) is 14.3 Å². The van der Waals surface area contributed by atoms with Gasteiger partial charge in [0.05, 0.1) is 6.04 Å². The predicted octanol–water partition coefficient (Wildman–Crippen LogP) is 3.87. The van der Waals surface area contributed by atoms with Crippen molar-refractivity contribution in [1.29, 1.82) is 0 Å². The van der Waals surface area contributed by atoms with Gasteiger partial charge in [-0.05, 0) is 45.6 Å². The van der Waals surface area contributed by atoms with Gasteiger partial charge in [0.15, 0.2) is 0 Å². The zero-order valence-electron chi connectivity index (χ0n) is 9.97. The van der Waals surface area contributed by atoms with Crippen LogP contribution in [0, 0.1) is 0 Å². The van der Waals surface area contributed by atoms with E-state index in [-0.39, 0.29) is 6.04 Å². The molecule has 98 valence electrons. The number of halogens is 1. The van der Waals surface area contributed by atoms with Crippen LogP contribution in [0.2, 0.25) is 0 Å². The molecule has 0 bridgehead atoms. The summed E-state index contributed by atoms with van der Waals surface area (Å²) >= 11 is 6.95. The summed E-state index contributed by atoms with van der Waals surface area (Å²) in [6, 6.07) is 8.50. The summed E-state index contributed by atoms with van der Waals surface area (Å²) in [5.41, 5.74) is 3.93. The molecule has 3 nitrogen and oxygen atoms in total. The van der Waals surface area contributed by atoms with Crippen molar-refractivity contribution in [2.75, 3.05) is 0 Å². The van der Waals surface area contributed by atoms with Crippen molar-refractivity contribution in [2.45, 2.75) is 12.5 Å². The van der Waals surface area contributed by atoms with Crippen LogP contribution in [0.25, 0.3) is 9.40 Å². The Balaban J connectivity index is 1.84. The lowest BCUT2D eigenvalue weighted by molar-refractivity contribution is 0.554. The summed E-state index contributed by atoms with van der Waals surface area (Å²) in [5, 5.41) is 2.12. The molecule has 6 heteroatoms. The Labute approximate surface area is 127 Å². The van der Waals surface area contributed by atoms with Crippen LogP contribution in [0.1, 0.15) is 16.6 Å². The first-order valence-corrected chi connectivity index (χ1v) is 8.28. The van der Waals surface area contributed by atoms with Crippen molar-refractivity contribution in [3.63, 3.8) is 0 Å². The van der Waals surface area contributed by atoms with Crippen molar-refractivity contribution in [3.8, 4) is 0 Å². The molecule has 3 aromatic heterocycles. The number of hydrogen-bond acceptors (Lipinski definition) is 5. The summed E-state index contributed by atoms with van der Waals surface area (Å²) < 4.78 is 3.64. The average Bonchev–Trinajstić information content (AvgIpc) is 2.99. The third-order valence-corrected chi connectivity index (χ3v) is 5.58. The van der Waals surface area contributed by atoms with Gasteiger partial charge in [-0.25, -0.2) is 0 Å². The number of rotatable bonds is 4. The monoisotopic (exact) mass is 353 g/mol. The maximum absolute atomic E-state index is 5.70. The number of hydrazine groups is 1. The van der Waals surface area contributed by atoms with Gasteiger partial charge in [-0.3, -0.25) is 16.3 Å². The average molecular weight is 354 g/mol. The lowest BCUT2D eigenvalue weighted by Gasteiger charge is -2.13. The number of nitrogens with zero attached hydrogens (tertiary/aromatic N) is 1. The van der Waals surface area contributed by atoms with Crippen LogP contribution in [-0.2, 0) is 6.42 Å². The largest absolute Gasteiger partial charge is 0.271 e. The minimum absolute atomic E-state index is 0.110. The number of fused-ring (bicyclic) bond motifs is 1. The number of nitrogens with two attached hydrogens (primary N) is 1. The minimum Gasteiger partial charge on any atom is -0.271 e. The summed E-state index contributed by atoms with van der Waals surface area (Å²) in [7, 11) is 0. The molecular weight excluding hydrogens is 342 g/mol. The summed E-state index contributed by atoms with van der Waals surface area (Å²) in [6.45, 7) is 0. The summed E-state index contributed by atoms with van der Waals surface area (Å²) in [6.07, 6.45) is 2.60. The first-order valence-electron chi connectivity index (χ1n) is 5.80. The van der Waals surface area contributed by atoms with Gasteiger partial charge in [0.1, 0.15) is 0 Å². The molecule has 0 saturated heterocycles. The van der Waals surface area contributed by atoms with E-state index in [1.807, 2.05) is 18.3 Å². The third kappa shape index (κ3) is 2.88. The molecule has 0 aliphatic heterocycles. The Morgan fingerprint density at radius 2 is 2.21 bits per heavy atom. The van der Waals surface area contributed by atoms with Crippen LogP contribution in [0.4, 0.5) is 0 Å². The van der Waals surface area contributed by atoms with E-state index in [0.717, 1.165) is 16.6 Å². The molecular formula is C13H12BrN3S2. The van der Waals surface area contributed by atoms with Gasteiger partial charge in [0.25, 0.3) is 0 Å². The maximum atomic E-state index is 5.70. The minimum atomic E-state index is 0.110. The van der Waals surface area contributed by atoms with Crippen molar-refractivity contribution in [1.82, 2.24) is 10.4 Å². The molecule has 3 N–H and O–H groups in total. The maximum Gasteiger partial charge on any atom is 0.0609 e. The van der Waals surface area contributed by atoms with Gasteiger partial charge >= 0.3 is 0 Å². The molecule has 0 saturated carbocycles. The van der Waals surface area contributed by atoms with Crippen molar-refractivity contribution >= 4 is 48.0 Å². The van der Waals surface area contributed by atoms with Crippen LogP contribution in [0.5, 0.6) is 0 Å². The highest BCUT2D eigenvalue weighted by molar-refractivity contribution is 9.10. The van der Waals surface area contributed by atoms with E-state index in [1.54, 1.807) is 22.7 Å². The van der Waals surface area contributed by atoms with E-state index in [2.05, 4.69) is 43.9 Å². The normalized spacial score (nSPS) is 12.9. The summed E-state index contributed by atoms with van der Waals surface area (Å²) in [4.78, 5) is 5.66. The van der Waals surface area contributed by atoms with E-state index in [9.17, 15) is 0 Å². The molecule has 3 heterocycles. The van der Waals surface area contributed by atoms with Crippen LogP contribution in [0.3, 0.4) is 0 Å². The van der Waals surface area contributed by atoms with E-state index in [4.69, 9.17) is 5.84 Å². The second-order valence-corrected chi connectivity index (χ2v) is 7.17. The lowest BCUT2D eigenvalue weighted by atomic mass is 10.1. The molecule has 3 rings (SSSR count). The van der Waals surface area contributed by atoms with Crippen LogP contribution in [0.15, 0.2) is 40.3 Å². The van der Waals surface area contributed by atoms with Gasteiger partial charge < -0.3 is 0 Å². The number of pyridine rings is 1. The highest BCUT2D eigenvalue weighted by Crippen LogP contribution is 2.34. The number of nitrogens with one attached hydrogen (secondary N) is 1. The quantitative estimate of drug-likeness (QED) is 0.552. The molecule has 3 aromatic rings. The van der Waals surface area contributed by atoms with Crippen LogP contribution >= 0.6 is 38.6 Å². The smallest absolute Gasteiger partial charge is 0.0609 e. The second-order valence-electron chi connectivity index (χ2n) is 4.19. The first-order chi connectivity index (χ1) is 9.26. The van der Waals surface area contributed by atoms with Gasteiger partial charge in [-0.2, -0.15) is 0 Å². The fraction of sp³-hybridized carbons (Fsp3) is 0.154. The van der Waals surface area contributed by atoms with Crippen molar-refractivity contribution in [2.24, 2.45) is 5.84 Å². The van der Waals surface area contributed by atoms with E-state index in [0.29, 0.717) is 0 Å². The highest BCUT2D eigenvalue weighted by Gasteiger charge is 2.15. The SMILES string of the molecule is NNC(Cc1ccc(Br)cn1)c1cc2sccc2s1. The molecule has 0 fully saturated rings. The number of aromatic nitrogens is 1. The fourth-order valence-electron chi connectivity index (χ4n) is 1.93.